The monoisotopic (exact) mass is 405 g/mol. The Hall–Kier alpha value is -3.81. The first-order valence-electron chi connectivity index (χ1n) is 9.28. The van der Waals surface area contributed by atoms with Crippen molar-refractivity contribution in [2.75, 3.05) is 7.11 Å². The van der Waals surface area contributed by atoms with E-state index in [9.17, 15) is 4.79 Å². The van der Waals surface area contributed by atoms with Gasteiger partial charge in [0, 0.05) is 40.7 Å². The minimum absolute atomic E-state index is 0.233. The minimum Gasteiger partial charge on any atom is -0.481 e. The fourth-order valence-electron chi connectivity index (χ4n) is 2.80. The van der Waals surface area contributed by atoms with Crippen LogP contribution in [-0.2, 0) is 6.54 Å². The maximum absolute atomic E-state index is 12.7. The number of hydrogen-bond acceptors (Lipinski definition) is 7. The zero-order valence-corrected chi connectivity index (χ0v) is 17.4. The molecule has 0 fully saturated rings. The van der Waals surface area contributed by atoms with Crippen LogP contribution >= 0.6 is 0 Å². The van der Waals surface area contributed by atoms with Gasteiger partial charge in [0.25, 0.3) is 5.56 Å². The van der Waals surface area contributed by atoms with Gasteiger partial charge in [0.15, 0.2) is 0 Å². The van der Waals surface area contributed by atoms with Crippen molar-refractivity contribution in [3.05, 3.63) is 75.8 Å². The van der Waals surface area contributed by atoms with Gasteiger partial charge in [0.1, 0.15) is 11.5 Å². The highest BCUT2D eigenvalue weighted by atomic mass is 16.5. The van der Waals surface area contributed by atoms with E-state index in [4.69, 9.17) is 9.26 Å². The largest absolute Gasteiger partial charge is 0.481 e. The SMILES string of the molecule is C=N/C(C)=C\C=C(/C)c1noc(C)c1Cn1ncc(-c2ccc(OC)nc2)cc1=O. The van der Waals surface area contributed by atoms with Gasteiger partial charge < -0.3 is 9.26 Å². The molecular weight excluding hydrogens is 382 g/mol. The molecule has 0 radical (unpaired) electrons. The Balaban J connectivity index is 1.89. The molecule has 154 valence electrons. The van der Waals surface area contributed by atoms with Crippen LogP contribution in [0.1, 0.15) is 30.9 Å². The fourth-order valence-corrected chi connectivity index (χ4v) is 2.80. The number of hydrogen-bond donors (Lipinski definition) is 0. The van der Waals surface area contributed by atoms with Crippen LogP contribution in [0.4, 0.5) is 0 Å². The van der Waals surface area contributed by atoms with Crippen LogP contribution in [-0.4, -0.2) is 33.7 Å². The molecule has 0 aliphatic carbocycles. The van der Waals surface area contributed by atoms with Crippen molar-refractivity contribution in [3.63, 3.8) is 0 Å². The van der Waals surface area contributed by atoms with Gasteiger partial charge in [-0.05, 0) is 45.2 Å². The van der Waals surface area contributed by atoms with Gasteiger partial charge in [-0.15, -0.1) is 0 Å². The number of pyridine rings is 1. The summed E-state index contributed by atoms with van der Waals surface area (Å²) < 4.78 is 11.8. The predicted octanol–water partition coefficient (Wildman–Crippen LogP) is 3.67. The number of aliphatic imine (C=N–C) groups is 1. The number of rotatable bonds is 7. The van der Waals surface area contributed by atoms with E-state index < -0.39 is 0 Å². The molecular formula is C22H23N5O3. The molecule has 0 saturated carbocycles. The molecule has 0 amide bonds. The molecule has 3 heterocycles. The number of nitrogens with zero attached hydrogens (tertiary/aromatic N) is 5. The van der Waals surface area contributed by atoms with Crippen molar-refractivity contribution < 1.29 is 9.26 Å². The molecule has 3 rings (SSSR count). The quantitative estimate of drug-likeness (QED) is 0.440. The minimum atomic E-state index is -0.233. The molecule has 0 N–H and O–H groups in total. The number of ether oxygens (including phenoxy) is 1. The van der Waals surface area contributed by atoms with E-state index in [1.807, 2.05) is 39.0 Å². The van der Waals surface area contributed by atoms with E-state index in [2.05, 4.69) is 26.9 Å². The van der Waals surface area contributed by atoms with Crippen molar-refractivity contribution >= 4 is 12.3 Å². The molecule has 0 bridgehead atoms. The zero-order valence-electron chi connectivity index (χ0n) is 17.4. The summed E-state index contributed by atoms with van der Waals surface area (Å²) in [4.78, 5) is 20.7. The third-order valence-electron chi connectivity index (χ3n) is 4.64. The second-order valence-corrected chi connectivity index (χ2v) is 6.71. The molecule has 3 aromatic rings. The maximum Gasteiger partial charge on any atom is 0.267 e. The van der Waals surface area contributed by atoms with Crippen LogP contribution in [0.5, 0.6) is 5.88 Å². The van der Waals surface area contributed by atoms with E-state index in [1.165, 1.54) is 10.7 Å². The van der Waals surface area contributed by atoms with Gasteiger partial charge in [0.2, 0.25) is 5.88 Å². The molecule has 0 aliphatic heterocycles. The van der Waals surface area contributed by atoms with E-state index in [-0.39, 0.29) is 12.1 Å². The van der Waals surface area contributed by atoms with Crippen molar-refractivity contribution in [2.24, 2.45) is 4.99 Å². The Morgan fingerprint density at radius 2 is 2.07 bits per heavy atom. The number of aryl methyl sites for hydroxylation is 1. The van der Waals surface area contributed by atoms with E-state index in [0.717, 1.165) is 22.4 Å². The van der Waals surface area contributed by atoms with Gasteiger partial charge in [-0.1, -0.05) is 11.2 Å². The molecule has 0 aromatic carbocycles. The van der Waals surface area contributed by atoms with Gasteiger partial charge >= 0.3 is 0 Å². The third-order valence-corrected chi connectivity index (χ3v) is 4.64. The first kappa shape index (κ1) is 20.9. The Labute approximate surface area is 174 Å². The highest BCUT2D eigenvalue weighted by molar-refractivity contribution is 5.65. The summed E-state index contributed by atoms with van der Waals surface area (Å²) >= 11 is 0. The van der Waals surface area contributed by atoms with Gasteiger partial charge in [-0.25, -0.2) is 9.67 Å². The summed E-state index contributed by atoms with van der Waals surface area (Å²) in [6, 6.07) is 5.10. The second-order valence-electron chi connectivity index (χ2n) is 6.71. The predicted molar refractivity (Wildman–Crippen MR) is 116 cm³/mol. The van der Waals surface area contributed by atoms with Crippen molar-refractivity contribution in [3.8, 4) is 17.0 Å². The van der Waals surface area contributed by atoms with Crippen molar-refractivity contribution in [1.29, 1.82) is 0 Å². The second kappa shape index (κ2) is 9.13. The van der Waals surface area contributed by atoms with Crippen LogP contribution in [0, 0.1) is 6.92 Å². The summed E-state index contributed by atoms with van der Waals surface area (Å²) in [6.45, 7) is 9.34. The normalized spacial score (nSPS) is 12.1. The van der Waals surface area contributed by atoms with E-state index >= 15 is 0 Å². The molecule has 0 unspecified atom stereocenters. The molecule has 0 atom stereocenters. The first-order chi connectivity index (χ1) is 14.4. The maximum atomic E-state index is 12.7. The van der Waals surface area contributed by atoms with Crippen molar-refractivity contribution in [2.45, 2.75) is 27.3 Å². The van der Waals surface area contributed by atoms with E-state index in [1.54, 1.807) is 25.6 Å². The lowest BCUT2D eigenvalue weighted by Crippen LogP contribution is -2.23. The third kappa shape index (κ3) is 4.60. The summed E-state index contributed by atoms with van der Waals surface area (Å²) in [5, 5.41) is 8.47. The number of methoxy groups -OCH3 is 1. The fraction of sp³-hybridized carbons (Fsp3) is 0.227. The van der Waals surface area contributed by atoms with Gasteiger partial charge in [-0.2, -0.15) is 5.10 Å². The standard InChI is InChI=1S/C22H23N5O3/c1-14(6-7-15(2)23-4)22-19(16(3)30-26-22)13-27-21(28)10-18(12-25-27)17-8-9-20(29-5)24-11-17/h6-12H,4,13H2,1-3,5H3/b14-6+,15-7-. The van der Waals surface area contributed by atoms with Crippen LogP contribution in [0.15, 0.2) is 62.8 Å². The Bertz CT molecular complexity index is 1170. The lowest BCUT2D eigenvalue weighted by atomic mass is 10.1. The zero-order chi connectivity index (χ0) is 21.7. The first-order valence-corrected chi connectivity index (χ1v) is 9.28. The highest BCUT2D eigenvalue weighted by Gasteiger charge is 2.16. The van der Waals surface area contributed by atoms with Crippen LogP contribution in [0.2, 0.25) is 0 Å². The molecule has 3 aromatic heterocycles. The molecule has 0 saturated heterocycles. The summed E-state index contributed by atoms with van der Waals surface area (Å²) in [7, 11) is 1.55. The Morgan fingerprint density at radius 1 is 1.27 bits per heavy atom. The topological polar surface area (TPSA) is 95.4 Å². The Kier molecular flexibility index (Phi) is 6.36. The van der Waals surface area contributed by atoms with Crippen LogP contribution in [0.25, 0.3) is 16.7 Å². The van der Waals surface area contributed by atoms with E-state index in [0.29, 0.717) is 22.9 Å². The number of allylic oxidation sites excluding steroid dienone is 4. The lowest BCUT2D eigenvalue weighted by Gasteiger charge is -2.07. The molecule has 8 heteroatoms. The Morgan fingerprint density at radius 3 is 2.70 bits per heavy atom. The lowest BCUT2D eigenvalue weighted by molar-refractivity contribution is 0.393. The summed E-state index contributed by atoms with van der Waals surface area (Å²) in [6.07, 6.45) is 7.01. The van der Waals surface area contributed by atoms with Gasteiger partial charge in [-0.3, -0.25) is 9.79 Å². The molecule has 8 nitrogen and oxygen atoms in total. The molecule has 30 heavy (non-hydrogen) atoms. The average molecular weight is 405 g/mol. The average Bonchev–Trinajstić information content (AvgIpc) is 3.13. The van der Waals surface area contributed by atoms with Crippen molar-refractivity contribution in [1.82, 2.24) is 19.9 Å². The van der Waals surface area contributed by atoms with Gasteiger partial charge in [0.05, 0.1) is 19.9 Å². The summed E-state index contributed by atoms with van der Waals surface area (Å²) in [5.41, 5.74) is 4.39. The van der Waals surface area contributed by atoms with Crippen LogP contribution in [0.3, 0.4) is 0 Å². The summed E-state index contributed by atoms with van der Waals surface area (Å²) in [5.74, 6) is 1.14. The van der Waals surface area contributed by atoms with Crippen LogP contribution < -0.4 is 10.3 Å². The number of aromatic nitrogens is 4. The molecule has 0 aliphatic rings. The highest BCUT2D eigenvalue weighted by Crippen LogP contribution is 2.22. The smallest absolute Gasteiger partial charge is 0.267 e. The molecule has 0 spiro atoms.